The van der Waals surface area contributed by atoms with E-state index in [0.29, 0.717) is 22.6 Å². The second-order valence-electron chi connectivity index (χ2n) is 3.48. The highest BCUT2D eigenvalue weighted by atomic mass is 35.5. The smallest absolute Gasteiger partial charge is 0.341 e. The quantitative estimate of drug-likeness (QED) is 0.884. The molecule has 0 bridgehead atoms. The van der Waals surface area contributed by atoms with Gasteiger partial charge in [-0.05, 0) is 19.1 Å². The fourth-order valence-corrected chi connectivity index (χ4v) is 1.85. The molecule has 0 amide bonds. The summed E-state index contributed by atoms with van der Waals surface area (Å²) in [6.45, 7) is 2.11. The van der Waals surface area contributed by atoms with E-state index in [-0.39, 0.29) is 5.56 Å². The number of aromatic carboxylic acids is 1. The number of hydrogen-bond acceptors (Lipinski definition) is 3. The molecule has 0 aliphatic carbocycles. The van der Waals surface area contributed by atoms with Gasteiger partial charge in [0.15, 0.2) is 0 Å². The molecule has 0 aliphatic rings. The first-order valence-electron chi connectivity index (χ1n) is 4.97. The van der Waals surface area contributed by atoms with Crippen molar-refractivity contribution in [1.29, 1.82) is 0 Å². The Morgan fingerprint density at radius 2 is 2.24 bits per heavy atom. The average Bonchev–Trinajstić information content (AvgIpc) is 2.28. The maximum absolute atomic E-state index is 11.8. The number of pyridine rings is 2. The number of fused-ring (bicyclic) bond motifs is 1. The Morgan fingerprint density at radius 3 is 2.82 bits per heavy atom. The lowest BCUT2D eigenvalue weighted by molar-refractivity contribution is 0.0694. The standard InChI is InChI=1S/C11H9ClN2O3/c1-2-14-9-6(3-7(12)5-13-9)4-8(10(14)15)11(16)17/h3-5H,2H2,1H3,(H,16,17). The van der Waals surface area contributed by atoms with Crippen molar-refractivity contribution in [3.8, 4) is 0 Å². The van der Waals surface area contributed by atoms with Crippen LogP contribution in [0.1, 0.15) is 17.3 Å². The van der Waals surface area contributed by atoms with Crippen LogP contribution in [-0.2, 0) is 6.54 Å². The molecule has 0 aromatic carbocycles. The van der Waals surface area contributed by atoms with Crippen LogP contribution in [0.4, 0.5) is 0 Å². The molecule has 2 aromatic rings. The van der Waals surface area contributed by atoms with E-state index in [1.165, 1.54) is 16.8 Å². The topological polar surface area (TPSA) is 72.2 Å². The molecule has 0 aliphatic heterocycles. The Balaban J connectivity index is 2.94. The number of halogens is 1. The van der Waals surface area contributed by atoms with Crippen molar-refractivity contribution in [2.75, 3.05) is 0 Å². The highest BCUT2D eigenvalue weighted by Crippen LogP contribution is 2.16. The van der Waals surface area contributed by atoms with Gasteiger partial charge >= 0.3 is 5.97 Å². The summed E-state index contributed by atoms with van der Waals surface area (Å²) in [5, 5.41) is 9.88. The van der Waals surface area contributed by atoms with E-state index < -0.39 is 11.5 Å². The lowest BCUT2D eigenvalue weighted by atomic mass is 10.2. The normalized spacial score (nSPS) is 10.7. The summed E-state index contributed by atoms with van der Waals surface area (Å²) in [4.78, 5) is 26.9. The van der Waals surface area contributed by atoms with Crippen LogP contribution in [0.2, 0.25) is 5.02 Å². The largest absolute Gasteiger partial charge is 0.477 e. The molecule has 17 heavy (non-hydrogen) atoms. The van der Waals surface area contributed by atoms with Crippen molar-refractivity contribution >= 4 is 28.6 Å². The molecule has 0 fully saturated rings. The van der Waals surface area contributed by atoms with E-state index >= 15 is 0 Å². The Bertz CT molecular complexity index is 664. The first kappa shape index (κ1) is 11.6. The maximum atomic E-state index is 11.8. The van der Waals surface area contributed by atoms with E-state index in [0.717, 1.165) is 0 Å². The monoisotopic (exact) mass is 252 g/mol. The summed E-state index contributed by atoms with van der Waals surface area (Å²) < 4.78 is 1.31. The lowest BCUT2D eigenvalue weighted by Crippen LogP contribution is -2.26. The minimum atomic E-state index is -1.25. The molecular weight excluding hydrogens is 244 g/mol. The fourth-order valence-electron chi connectivity index (χ4n) is 1.68. The van der Waals surface area contributed by atoms with Crippen LogP contribution in [0, 0.1) is 0 Å². The number of aromatic nitrogens is 2. The molecule has 0 atom stereocenters. The minimum Gasteiger partial charge on any atom is -0.477 e. The van der Waals surface area contributed by atoms with Gasteiger partial charge in [0.1, 0.15) is 11.2 Å². The van der Waals surface area contributed by atoms with Gasteiger partial charge in [-0.3, -0.25) is 9.36 Å². The molecule has 0 unspecified atom stereocenters. The van der Waals surface area contributed by atoms with Crippen LogP contribution in [-0.4, -0.2) is 20.6 Å². The molecule has 0 spiro atoms. The van der Waals surface area contributed by atoms with Gasteiger partial charge in [-0.25, -0.2) is 9.78 Å². The Hall–Kier alpha value is -1.88. The first-order chi connectivity index (χ1) is 8.04. The predicted octanol–water partition coefficient (Wildman–Crippen LogP) is 1.77. The van der Waals surface area contributed by atoms with E-state index in [1.807, 2.05) is 0 Å². The van der Waals surface area contributed by atoms with Gasteiger partial charge in [0.05, 0.1) is 5.02 Å². The van der Waals surface area contributed by atoms with Gasteiger partial charge in [0, 0.05) is 18.1 Å². The molecular formula is C11H9ClN2O3. The average molecular weight is 253 g/mol. The number of rotatable bonds is 2. The third-order valence-electron chi connectivity index (χ3n) is 2.44. The Kier molecular flexibility index (Phi) is 2.85. The van der Waals surface area contributed by atoms with Crippen molar-refractivity contribution in [1.82, 2.24) is 9.55 Å². The number of carbonyl (C=O) groups is 1. The molecule has 88 valence electrons. The summed E-state index contributed by atoms with van der Waals surface area (Å²) in [5.74, 6) is -1.25. The van der Waals surface area contributed by atoms with E-state index in [4.69, 9.17) is 16.7 Å². The third kappa shape index (κ3) is 1.89. The van der Waals surface area contributed by atoms with E-state index in [2.05, 4.69) is 4.98 Å². The van der Waals surface area contributed by atoms with Crippen molar-refractivity contribution in [3.05, 3.63) is 39.3 Å². The van der Waals surface area contributed by atoms with Gasteiger partial charge in [-0.1, -0.05) is 11.6 Å². The molecule has 5 nitrogen and oxygen atoms in total. The summed E-state index contributed by atoms with van der Waals surface area (Å²) in [6.07, 6.45) is 1.43. The van der Waals surface area contributed by atoms with Gasteiger partial charge < -0.3 is 5.11 Å². The zero-order chi connectivity index (χ0) is 12.6. The van der Waals surface area contributed by atoms with Crippen LogP contribution in [0.25, 0.3) is 11.0 Å². The molecule has 2 heterocycles. The Labute approximate surface area is 101 Å². The number of carboxylic acids is 1. The number of aryl methyl sites for hydroxylation is 1. The van der Waals surface area contributed by atoms with Crippen LogP contribution in [0.3, 0.4) is 0 Å². The third-order valence-corrected chi connectivity index (χ3v) is 2.65. The van der Waals surface area contributed by atoms with Crippen molar-refractivity contribution in [3.63, 3.8) is 0 Å². The molecule has 2 rings (SSSR count). The zero-order valence-corrected chi connectivity index (χ0v) is 9.73. The van der Waals surface area contributed by atoms with Crippen LogP contribution >= 0.6 is 11.6 Å². The van der Waals surface area contributed by atoms with Crippen LogP contribution in [0.5, 0.6) is 0 Å². The summed E-state index contributed by atoms with van der Waals surface area (Å²) in [5.41, 5.74) is -0.391. The highest BCUT2D eigenvalue weighted by Gasteiger charge is 2.14. The van der Waals surface area contributed by atoms with Crippen LogP contribution < -0.4 is 5.56 Å². The SMILES string of the molecule is CCn1c(=O)c(C(=O)O)cc2cc(Cl)cnc21. The summed E-state index contributed by atoms with van der Waals surface area (Å²) >= 11 is 5.79. The lowest BCUT2D eigenvalue weighted by Gasteiger charge is -2.08. The van der Waals surface area contributed by atoms with Crippen molar-refractivity contribution < 1.29 is 9.90 Å². The predicted molar refractivity (Wildman–Crippen MR) is 63.6 cm³/mol. The fraction of sp³-hybridized carbons (Fsp3) is 0.182. The highest BCUT2D eigenvalue weighted by molar-refractivity contribution is 6.31. The van der Waals surface area contributed by atoms with E-state index in [9.17, 15) is 9.59 Å². The summed E-state index contributed by atoms with van der Waals surface area (Å²) in [7, 11) is 0. The minimum absolute atomic E-state index is 0.275. The first-order valence-corrected chi connectivity index (χ1v) is 5.34. The van der Waals surface area contributed by atoms with Gasteiger partial charge in [0.25, 0.3) is 5.56 Å². The molecule has 0 saturated heterocycles. The summed E-state index contributed by atoms with van der Waals surface area (Å²) in [6, 6.07) is 2.88. The molecule has 2 aromatic heterocycles. The number of carboxylic acid groups (broad SMARTS) is 1. The van der Waals surface area contributed by atoms with Crippen molar-refractivity contribution in [2.24, 2.45) is 0 Å². The van der Waals surface area contributed by atoms with Crippen molar-refractivity contribution in [2.45, 2.75) is 13.5 Å². The second kappa shape index (κ2) is 4.18. The Morgan fingerprint density at radius 1 is 1.53 bits per heavy atom. The van der Waals surface area contributed by atoms with Crippen LogP contribution in [0.15, 0.2) is 23.1 Å². The van der Waals surface area contributed by atoms with Gasteiger partial charge in [-0.2, -0.15) is 0 Å². The molecule has 0 saturated carbocycles. The second-order valence-corrected chi connectivity index (χ2v) is 3.92. The molecule has 1 N–H and O–H groups in total. The molecule has 0 radical (unpaired) electrons. The zero-order valence-electron chi connectivity index (χ0n) is 8.98. The number of hydrogen-bond donors (Lipinski definition) is 1. The van der Waals surface area contributed by atoms with Gasteiger partial charge in [-0.15, -0.1) is 0 Å². The maximum Gasteiger partial charge on any atom is 0.341 e. The van der Waals surface area contributed by atoms with Gasteiger partial charge in [0.2, 0.25) is 0 Å². The molecule has 6 heteroatoms. The van der Waals surface area contributed by atoms with E-state index in [1.54, 1.807) is 13.0 Å². The number of nitrogens with zero attached hydrogens (tertiary/aromatic N) is 2.